The molecular weight excluding hydrogens is 334 g/mol. The lowest BCUT2D eigenvalue weighted by atomic mass is 10.2. The van der Waals surface area contributed by atoms with E-state index in [1.54, 1.807) is 17.8 Å². The summed E-state index contributed by atoms with van der Waals surface area (Å²) >= 11 is 3.51. The van der Waals surface area contributed by atoms with Crippen molar-refractivity contribution < 1.29 is 9.53 Å². The van der Waals surface area contributed by atoms with Crippen LogP contribution in [-0.4, -0.2) is 22.4 Å². The molecule has 0 fully saturated rings. The number of rotatable bonds is 5. The highest BCUT2D eigenvalue weighted by molar-refractivity contribution is 9.10. The van der Waals surface area contributed by atoms with Crippen LogP contribution in [0, 0.1) is 6.92 Å². The molecule has 2 rings (SSSR count). The Bertz CT molecular complexity index is 652. The van der Waals surface area contributed by atoms with Crippen LogP contribution < -0.4 is 5.32 Å². The zero-order valence-corrected chi connectivity index (χ0v) is 13.9. The fourth-order valence-corrected chi connectivity index (χ4v) is 2.39. The number of benzene rings is 1. The van der Waals surface area contributed by atoms with Gasteiger partial charge in [0.05, 0.1) is 25.0 Å². The number of aryl methyl sites for hydroxylation is 2. The normalized spacial score (nSPS) is 10.5. The van der Waals surface area contributed by atoms with E-state index in [-0.39, 0.29) is 5.97 Å². The molecule has 2 aromatic rings. The highest BCUT2D eigenvalue weighted by Crippen LogP contribution is 2.24. The molecule has 6 heteroatoms. The minimum Gasteiger partial charge on any atom is -0.462 e. The number of halogens is 1. The number of hydrogen-bond acceptors (Lipinski definition) is 4. The summed E-state index contributed by atoms with van der Waals surface area (Å²) in [6, 6.07) is 6.07. The SMILES string of the molecule is CCOC(=O)c1cnn(C)c1CNc1cc(C)ccc1Br. The van der Waals surface area contributed by atoms with E-state index in [1.165, 1.54) is 0 Å². The van der Waals surface area contributed by atoms with Crippen molar-refractivity contribution >= 4 is 27.6 Å². The Kier molecular flexibility index (Phi) is 5.01. The molecule has 5 nitrogen and oxygen atoms in total. The van der Waals surface area contributed by atoms with E-state index in [0.717, 1.165) is 21.4 Å². The van der Waals surface area contributed by atoms with Gasteiger partial charge in [0, 0.05) is 17.2 Å². The summed E-state index contributed by atoms with van der Waals surface area (Å²) in [6.45, 7) is 4.67. The summed E-state index contributed by atoms with van der Waals surface area (Å²) in [5.74, 6) is -0.342. The Hall–Kier alpha value is -1.82. The van der Waals surface area contributed by atoms with Crippen molar-refractivity contribution in [2.45, 2.75) is 20.4 Å². The fourth-order valence-electron chi connectivity index (χ4n) is 2.01. The molecule has 112 valence electrons. The van der Waals surface area contributed by atoms with Crippen molar-refractivity contribution in [1.82, 2.24) is 9.78 Å². The minimum absolute atomic E-state index is 0.342. The highest BCUT2D eigenvalue weighted by Gasteiger charge is 2.17. The molecule has 1 aromatic carbocycles. The summed E-state index contributed by atoms with van der Waals surface area (Å²) < 4.78 is 7.71. The van der Waals surface area contributed by atoms with Gasteiger partial charge in [-0.15, -0.1) is 0 Å². The Morgan fingerprint density at radius 3 is 2.95 bits per heavy atom. The van der Waals surface area contributed by atoms with E-state index in [9.17, 15) is 4.79 Å². The molecule has 0 amide bonds. The summed E-state index contributed by atoms with van der Waals surface area (Å²) in [4.78, 5) is 11.9. The first-order valence-electron chi connectivity index (χ1n) is 6.71. The van der Waals surface area contributed by atoms with Crippen LogP contribution in [0.1, 0.15) is 28.5 Å². The van der Waals surface area contributed by atoms with E-state index in [2.05, 4.69) is 26.3 Å². The van der Waals surface area contributed by atoms with Crippen molar-refractivity contribution in [2.24, 2.45) is 7.05 Å². The lowest BCUT2D eigenvalue weighted by molar-refractivity contribution is 0.0525. The van der Waals surface area contributed by atoms with Crippen LogP contribution in [0.3, 0.4) is 0 Å². The second kappa shape index (κ2) is 6.76. The van der Waals surface area contributed by atoms with Crippen molar-refractivity contribution in [3.05, 3.63) is 45.7 Å². The van der Waals surface area contributed by atoms with Gasteiger partial charge in [-0.2, -0.15) is 5.10 Å². The minimum atomic E-state index is -0.342. The van der Waals surface area contributed by atoms with Crippen LogP contribution in [0.15, 0.2) is 28.9 Å². The van der Waals surface area contributed by atoms with Crippen LogP contribution >= 0.6 is 15.9 Å². The first-order valence-corrected chi connectivity index (χ1v) is 7.50. The van der Waals surface area contributed by atoms with Gasteiger partial charge in [-0.25, -0.2) is 4.79 Å². The molecular formula is C15H18BrN3O2. The molecule has 1 aromatic heterocycles. The Morgan fingerprint density at radius 2 is 2.24 bits per heavy atom. The quantitative estimate of drug-likeness (QED) is 0.839. The molecule has 0 bridgehead atoms. The van der Waals surface area contributed by atoms with Crippen LogP contribution in [0.4, 0.5) is 5.69 Å². The topological polar surface area (TPSA) is 56.1 Å². The van der Waals surface area contributed by atoms with Gasteiger partial charge in [0.2, 0.25) is 0 Å². The van der Waals surface area contributed by atoms with E-state index >= 15 is 0 Å². The maximum absolute atomic E-state index is 11.9. The Morgan fingerprint density at radius 1 is 1.48 bits per heavy atom. The fraction of sp³-hybridized carbons (Fsp3) is 0.333. The molecule has 0 saturated heterocycles. The molecule has 0 spiro atoms. The van der Waals surface area contributed by atoms with Crippen molar-refractivity contribution in [2.75, 3.05) is 11.9 Å². The standard InChI is InChI=1S/C15H18BrN3O2/c1-4-21-15(20)11-8-18-19(3)14(11)9-17-13-7-10(2)5-6-12(13)16/h5-8,17H,4,9H2,1-3H3. The predicted molar refractivity (Wildman–Crippen MR) is 85.4 cm³/mol. The van der Waals surface area contributed by atoms with Gasteiger partial charge >= 0.3 is 5.97 Å². The number of nitrogens with zero attached hydrogens (tertiary/aromatic N) is 2. The van der Waals surface area contributed by atoms with Crippen molar-refractivity contribution in [3.63, 3.8) is 0 Å². The van der Waals surface area contributed by atoms with Crippen molar-refractivity contribution in [3.8, 4) is 0 Å². The second-order valence-electron chi connectivity index (χ2n) is 4.69. The summed E-state index contributed by atoms with van der Waals surface area (Å²) in [6.07, 6.45) is 1.54. The first kappa shape index (κ1) is 15.6. The molecule has 0 aliphatic rings. The van der Waals surface area contributed by atoms with Gasteiger partial charge in [-0.05, 0) is 47.5 Å². The monoisotopic (exact) mass is 351 g/mol. The molecule has 0 saturated carbocycles. The third-order valence-electron chi connectivity index (χ3n) is 3.13. The third kappa shape index (κ3) is 3.64. The largest absolute Gasteiger partial charge is 0.462 e. The second-order valence-corrected chi connectivity index (χ2v) is 5.54. The number of aromatic nitrogens is 2. The Balaban J connectivity index is 2.18. The van der Waals surface area contributed by atoms with E-state index in [4.69, 9.17) is 4.74 Å². The Labute approximate surface area is 132 Å². The first-order chi connectivity index (χ1) is 10.0. The third-order valence-corrected chi connectivity index (χ3v) is 3.82. The highest BCUT2D eigenvalue weighted by atomic mass is 79.9. The smallest absolute Gasteiger partial charge is 0.341 e. The lowest BCUT2D eigenvalue weighted by Crippen LogP contribution is -2.12. The molecule has 1 N–H and O–H groups in total. The van der Waals surface area contributed by atoms with Crippen LogP contribution in [0.2, 0.25) is 0 Å². The van der Waals surface area contributed by atoms with Crippen LogP contribution in [-0.2, 0) is 18.3 Å². The number of carbonyl (C=O) groups is 1. The van der Waals surface area contributed by atoms with Gasteiger partial charge in [0.1, 0.15) is 5.56 Å². The average Bonchev–Trinajstić information content (AvgIpc) is 2.81. The molecule has 0 aliphatic heterocycles. The van der Waals surface area contributed by atoms with Gasteiger partial charge in [0.25, 0.3) is 0 Å². The number of anilines is 1. The van der Waals surface area contributed by atoms with E-state index in [0.29, 0.717) is 18.7 Å². The van der Waals surface area contributed by atoms with Gasteiger partial charge in [0.15, 0.2) is 0 Å². The summed E-state index contributed by atoms with van der Waals surface area (Å²) in [5, 5.41) is 7.46. The summed E-state index contributed by atoms with van der Waals surface area (Å²) in [7, 11) is 1.81. The summed E-state index contributed by atoms with van der Waals surface area (Å²) in [5.41, 5.74) is 3.43. The number of nitrogens with one attached hydrogen (secondary N) is 1. The van der Waals surface area contributed by atoms with Crippen LogP contribution in [0.25, 0.3) is 0 Å². The van der Waals surface area contributed by atoms with Crippen molar-refractivity contribution in [1.29, 1.82) is 0 Å². The van der Waals surface area contributed by atoms with Crippen LogP contribution in [0.5, 0.6) is 0 Å². The maximum atomic E-state index is 11.9. The number of esters is 1. The van der Waals surface area contributed by atoms with Gasteiger partial charge in [-0.3, -0.25) is 4.68 Å². The number of hydrogen-bond donors (Lipinski definition) is 1. The molecule has 0 aliphatic carbocycles. The molecule has 0 atom stereocenters. The van der Waals surface area contributed by atoms with E-state index in [1.807, 2.05) is 32.2 Å². The molecule has 21 heavy (non-hydrogen) atoms. The number of carbonyl (C=O) groups excluding carboxylic acids is 1. The molecule has 0 unspecified atom stereocenters. The average molecular weight is 352 g/mol. The predicted octanol–water partition coefficient (Wildman–Crippen LogP) is 3.28. The maximum Gasteiger partial charge on any atom is 0.341 e. The molecule has 0 radical (unpaired) electrons. The zero-order chi connectivity index (χ0) is 15.4. The lowest BCUT2D eigenvalue weighted by Gasteiger charge is -2.11. The number of ether oxygens (including phenoxy) is 1. The van der Waals surface area contributed by atoms with E-state index < -0.39 is 0 Å². The van der Waals surface area contributed by atoms with Gasteiger partial charge in [-0.1, -0.05) is 6.07 Å². The van der Waals surface area contributed by atoms with Gasteiger partial charge < -0.3 is 10.1 Å². The zero-order valence-electron chi connectivity index (χ0n) is 12.3. The molecule has 1 heterocycles.